The molecule has 0 aliphatic carbocycles. The molecule has 0 radical (unpaired) electrons. The first-order chi connectivity index (χ1) is 7.24. The molecule has 0 spiro atoms. The maximum atomic E-state index is 8.89. The van der Waals surface area contributed by atoms with Crippen molar-refractivity contribution in [2.24, 2.45) is 5.92 Å². The Balaban J connectivity index is 3.37. The lowest BCUT2D eigenvalue weighted by Crippen LogP contribution is -2.29. The zero-order valence-electron chi connectivity index (χ0n) is 10.8. The second-order valence-electron chi connectivity index (χ2n) is 4.63. The minimum absolute atomic E-state index is 0.326. The highest BCUT2D eigenvalue weighted by atomic mass is 16.3. The van der Waals surface area contributed by atoms with Crippen LogP contribution in [-0.4, -0.2) is 24.3 Å². The summed E-state index contributed by atoms with van der Waals surface area (Å²) in [6.45, 7) is 8.04. The Bertz CT molecular complexity index is 128. The summed E-state index contributed by atoms with van der Waals surface area (Å²) < 4.78 is 0. The molecule has 2 nitrogen and oxygen atoms in total. The zero-order valence-corrected chi connectivity index (χ0v) is 10.8. The first-order valence-electron chi connectivity index (χ1n) is 6.58. The van der Waals surface area contributed by atoms with E-state index in [2.05, 4.69) is 26.1 Å². The van der Waals surface area contributed by atoms with Gasteiger partial charge in [-0.25, -0.2) is 0 Å². The predicted molar refractivity (Wildman–Crippen MR) is 67.1 cm³/mol. The largest absolute Gasteiger partial charge is 0.396 e. The van der Waals surface area contributed by atoms with E-state index >= 15 is 0 Å². The fraction of sp³-hybridized carbons (Fsp3) is 1.00. The van der Waals surface area contributed by atoms with E-state index in [4.69, 9.17) is 5.11 Å². The molecule has 92 valence electrons. The number of nitrogens with one attached hydrogen (secondary N) is 1. The number of hydrogen-bond acceptors (Lipinski definition) is 2. The number of rotatable bonds is 10. The molecule has 0 aliphatic rings. The van der Waals surface area contributed by atoms with Crippen molar-refractivity contribution in [1.29, 1.82) is 0 Å². The maximum Gasteiger partial charge on any atom is 0.0456 e. The monoisotopic (exact) mass is 215 g/mol. The molecule has 0 aromatic rings. The van der Waals surface area contributed by atoms with Crippen molar-refractivity contribution < 1.29 is 5.11 Å². The molecule has 0 saturated heterocycles. The highest BCUT2D eigenvalue weighted by Gasteiger charge is 2.04. The van der Waals surface area contributed by atoms with Gasteiger partial charge in [0.1, 0.15) is 0 Å². The van der Waals surface area contributed by atoms with E-state index in [0.29, 0.717) is 18.6 Å². The highest BCUT2D eigenvalue weighted by Crippen LogP contribution is 2.06. The predicted octanol–water partition coefficient (Wildman–Crippen LogP) is 2.95. The van der Waals surface area contributed by atoms with E-state index in [9.17, 15) is 0 Å². The average Bonchev–Trinajstić information content (AvgIpc) is 2.27. The van der Waals surface area contributed by atoms with Crippen LogP contribution >= 0.6 is 0 Å². The van der Waals surface area contributed by atoms with Gasteiger partial charge >= 0.3 is 0 Å². The quantitative estimate of drug-likeness (QED) is 0.549. The van der Waals surface area contributed by atoms with Gasteiger partial charge in [-0.15, -0.1) is 0 Å². The molecule has 0 aromatic heterocycles. The summed E-state index contributed by atoms with van der Waals surface area (Å²) in [7, 11) is 0. The summed E-state index contributed by atoms with van der Waals surface area (Å²) in [6.07, 6.45) is 7.48. The summed E-state index contributed by atoms with van der Waals surface area (Å²) in [5, 5.41) is 12.5. The average molecular weight is 215 g/mol. The first-order valence-corrected chi connectivity index (χ1v) is 6.58. The van der Waals surface area contributed by atoms with Crippen LogP contribution in [0, 0.1) is 5.92 Å². The lowest BCUT2D eigenvalue weighted by molar-refractivity contribution is 0.227. The van der Waals surface area contributed by atoms with Crippen LogP contribution in [0.1, 0.15) is 59.3 Å². The van der Waals surface area contributed by atoms with Gasteiger partial charge in [0.2, 0.25) is 0 Å². The van der Waals surface area contributed by atoms with E-state index < -0.39 is 0 Å². The Labute approximate surface area is 95.5 Å². The van der Waals surface area contributed by atoms with Gasteiger partial charge in [0.05, 0.1) is 0 Å². The fourth-order valence-electron chi connectivity index (χ4n) is 1.75. The Morgan fingerprint density at radius 3 is 2.40 bits per heavy atom. The van der Waals surface area contributed by atoms with Crippen molar-refractivity contribution in [2.75, 3.05) is 13.2 Å². The molecular weight excluding hydrogens is 186 g/mol. The van der Waals surface area contributed by atoms with Gasteiger partial charge in [0, 0.05) is 12.6 Å². The van der Waals surface area contributed by atoms with Crippen molar-refractivity contribution in [3.63, 3.8) is 0 Å². The molecule has 0 rings (SSSR count). The topological polar surface area (TPSA) is 32.3 Å². The highest BCUT2D eigenvalue weighted by molar-refractivity contribution is 4.65. The minimum atomic E-state index is 0.326. The Hall–Kier alpha value is -0.0800. The lowest BCUT2D eigenvalue weighted by Gasteiger charge is -2.17. The number of hydrogen-bond donors (Lipinski definition) is 2. The van der Waals surface area contributed by atoms with Crippen LogP contribution in [-0.2, 0) is 0 Å². The second-order valence-corrected chi connectivity index (χ2v) is 4.63. The van der Waals surface area contributed by atoms with Gasteiger partial charge < -0.3 is 10.4 Å². The van der Waals surface area contributed by atoms with E-state index in [1.165, 1.54) is 32.1 Å². The van der Waals surface area contributed by atoms with Crippen molar-refractivity contribution >= 4 is 0 Å². The van der Waals surface area contributed by atoms with Gasteiger partial charge in [-0.05, 0) is 38.1 Å². The van der Waals surface area contributed by atoms with Gasteiger partial charge in [-0.2, -0.15) is 0 Å². The van der Waals surface area contributed by atoms with Gasteiger partial charge in [-0.1, -0.05) is 33.6 Å². The molecule has 2 heteroatoms. The number of unbranched alkanes of at least 4 members (excludes halogenated alkanes) is 1. The maximum absolute atomic E-state index is 8.89. The summed E-state index contributed by atoms with van der Waals surface area (Å²) in [4.78, 5) is 0. The standard InChI is InChI=1S/C13H29NO/c1-4-6-9-13(5-2)14-10-7-8-12(3)11-15/h12-15H,4-11H2,1-3H3. The summed E-state index contributed by atoms with van der Waals surface area (Å²) in [5.41, 5.74) is 0. The zero-order chi connectivity index (χ0) is 11.5. The van der Waals surface area contributed by atoms with E-state index in [0.717, 1.165) is 13.0 Å². The van der Waals surface area contributed by atoms with Crippen LogP contribution in [0.25, 0.3) is 0 Å². The fourth-order valence-corrected chi connectivity index (χ4v) is 1.75. The Kier molecular flexibility index (Phi) is 10.4. The van der Waals surface area contributed by atoms with Gasteiger partial charge in [0.15, 0.2) is 0 Å². The molecule has 2 atom stereocenters. The second kappa shape index (κ2) is 10.4. The number of aliphatic hydroxyl groups excluding tert-OH is 1. The van der Waals surface area contributed by atoms with Crippen molar-refractivity contribution in [1.82, 2.24) is 5.32 Å². The van der Waals surface area contributed by atoms with E-state index in [-0.39, 0.29) is 0 Å². The Morgan fingerprint density at radius 1 is 1.13 bits per heavy atom. The molecule has 0 heterocycles. The summed E-state index contributed by atoms with van der Waals surface area (Å²) >= 11 is 0. The Morgan fingerprint density at radius 2 is 1.87 bits per heavy atom. The van der Waals surface area contributed by atoms with Crippen LogP contribution in [0.4, 0.5) is 0 Å². The minimum Gasteiger partial charge on any atom is -0.396 e. The van der Waals surface area contributed by atoms with Crippen molar-refractivity contribution in [2.45, 2.75) is 65.3 Å². The van der Waals surface area contributed by atoms with Crippen LogP contribution < -0.4 is 5.32 Å². The van der Waals surface area contributed by atoms with E-state index in [1.54, 1.807) is 0 Å². The third kappa shape index (κ3) is 8.88. The number of aliphatic hydroxyl groups is 1. The molecule has 0 amide bonds. The molecule has 0 aliphatic heterocycles. The van der Waals surface area contributed by atoms with Crippen molar-refractivity contribution in [3.05, 3.63) is 0 Å². The first kappa shape index (κ1) is 14.9. The van der Waals surface area contributed by atoms with Crippen molar-refractivity contribution in [3.8, 4) is 0 Å². The molecule has 2 unspecified atom stereocenters. The molecule has 2 N–H and O–H groups in total. The van der Waals surface area contributed by atoms with Crippen LogP contribution in [0.15, 0.2) is 0 Å². The molecule has 0 fully saturated rings. The SMILES string of the molecule is CCCCC(CC)NCCCC(C)CO. The normalized spacial score (nSPS) is 15.2. The van der Waals surface area contributed by atoms with Crippen LogP contribution in [0.3, 0.4) is 0 Å². The van der Waals surface area contributed by atoms with Crippen LogP contribution in [0.5, 0.6) is 0 Å². The van der Waals surface area contributed by atoms with Gasteiger partial charge in [0.25, 0.3) is 0 Å². The third-order valence-corrected chi connectivity index (χ3v) is 3.02. The smallest absolute Gasteiger partial charge is 0.0456 e. The molecule has 15 heavy (non-hydrogen) atoms. The molecule has 0 bridgehead atoms. The lowest BCUT2D eigenvalue weighted by atomic mass is 10.1. The van der Waals surface area contributed by atoms with Crippen LogP contribution in [0.2, 0.25) is 0 Å². The third-order valence-electron chi connectivity index (χ3n) is 3.02. The summed E-state index contributed by atoms with van der Waals surface area (Å²) in [5.74, 6) is 0.461. The van der Waals surface area contributed by atoms with Gasteiger partial charge in [-0.3, -0.25) is 0 Å². The molecule has 0 aromatic carbocycles. The molecule has 0 saturated carbocycles. The summed E-state index contributed by atoms with van der Waals surface area (Å²) in [6, 6.07) is 0.703. The molecular formula is C13H29NO. The van der Waals surface area contributed by atoms with E-state index in [1.807, 2.05) is 0 Å².